The highest BCUT2D eigenvalue weighted by atomic mass is 16.2. The van der Waals surface area contributed by atoms with Gasteiger partial charge in [-0.2, -0.15) is 0 Å². The molecule has 1 aliphatic rings. The summed E-state index contributed by atoms with van der Waals surface area (Å²) in [6.45, 7) is 4.76. The third-order valence-electron chi connectivity index (χ3n) is 4.34. The lowest BCUT2D eigenvalue weighted by atomic mass is 10.0. The van der Waals surface area contributed by atoms with Gasteiger partial charge >= 0.3 is 0 Å². The lowest BCUT2D eigenvalue weighted by molar-refractivity contribution is -0.129. The van der Waals surface area contributed by atoms with Crippen LogP contribution in [0.25, 0.3) is 0 Å². The van der Waals surface area contributed by atoms with Crippen molar-refractivity contribution in [1.29, 1.82) is 0 Å². The van der Waals surface area contributed by atoms with Crippen molar-refractivity contribution in [2.24, 2.45) is 5.73 Å². The first kappa shape index (κ1) is 15.5. The Morgan fingerprint density at radius 1 is 1.04 bits per heavy atom. The second-order valence-corrected chi connectivity index (χ2v) is 5.83. The molecule has 0 bridgehead atoms. The predicted molar refractivity (Wildman–Crippen MR) is 91.2 cm³/mol. The highest BCUT2D eigenvalue weighted by Gasteiger charge is 2.19. The molecule has 1 atom stereocenters. The molecule has 1 aromatic carbocycles. The third kappa shape index (κ3) is 3.51. The molecule has 0 saturated carbocycles. The van der Waals surface area contributed by atoms with Crippen LogP contribution in [0.3, 0.4) is 0 Å². The largest absolute Gasteiger partial charge is 0.353 e. The summed E-state index contributed by atoms with van der Waals surface area (Å²) in [6.07, 6.45) is 1.85. The van der Waals surface area contributed by atoms with E-state index in [4.69, 9.17) is 5.73 Å². The smallest absolute Gasteiger partial charge is 0.219 e. The number of nitrogens with zero attached hydrogens (tertiary/aromatic N) is 3. The lowest BCUT2D eigenvalue weighted by Crippen LogP contribution is -2.48. The Balaban J connectivity index is 1.67. The first-order valence-corrected chi connectivity index (χ1v) is 7.92. The Hall–Kier alpha value is -2.40. The van der Waals surface area contributed by atoms with E-state index < -0.39 is 0 Å². The van der Waals surface area contributed by atoms with Gasteiger partial charge in [-0.1, -0.05) is 36.4 Å². The molecule has 1 amide bonds. The first-order chi connectivity index (χ1) is 11.1. The second kappa shape index (κ2) is 6.79. The summed E-state index contributed by atoms with van der Waals surface area (Å²) in [5, 5.41) is 0. The molecule has 1 fully saturated rings. The summed E-state index contributed by atoms with van der Waals surface area (Å²) in [6, 6.07) is 13.9. The number of nitrogens with two attached hydrogens (primary N) is 1. The van der Waals surface area contributed by atoms with Crippen LogP contribution in [-0.2, 0) is 4.79 Å². The van der Waals surface area contributed by atoms with Crippen molar-refractivity contribution < 1.29 is 4.79 Å². The summed E-state index contributed by atoms with van der Waals surface area (Å²) in [5.74, 6) is 1.08. The lowest BCUT2D eigenvalue weighted by Gasteiger charge is -2.35. The molecule has 0 aliphatic carbocycles. The molecular formula is C18H22N4O. The number of rotatable bonds is 3. The van der Waals surface area contributed by atoms with Crippen LogP contribution in [0.2, 0.25) is 0 Å². The number of pyridine rings is 1. The number of benzene rings is 1. The van der Waals surface area contributed by atoms with Gasteiger partial charge < -0.3 is 15.5 Å². The minimum Gasteiger partial charge on any atom is -0.353 e. The van der Waals surface area contributed by atoms with Crippen molar-refractivity contribution in [2.45, 2.75) is 13.0 Å². The molecule has 0 radical (unpaired) electrons. The number of hydrogen-bond donors (Lipinski definition) is 1. The molecule has 1 unspecified atom stereocenters. The quantitative estimate of drug-likeness (QED) is 0.939. The maximum Gasteiger partial charge on any atom is 0.219 e. The highest BCUT2D eigenvalue weighted by Crippen LogP contribution is 2.21. The Bertz CT molecular complexity index is 648. The molecule has 2 heterocycles. The van der Waals surface area contributed by atoms with Crippen LogP contribution in [0, 0.1) is 0 Å². The molecule has 23 heavy (non-hydrogen) atoms. The maximum atomic E-state index is 11.4. The summed E-state index contributed by atoms with van der Waals surface area (Å²) in [5.41, 5.74) is 8.38. The zero-order valence-corrected chi connectivity index (χ0v) is 13.4. The number of carbonyl (C=O) groups is 1. The van der Waals surface area contributed by atoms with E-state index in [0.29, 0.717) is 0 Å². The van der Waals surface area contributed by atoms with Crippen LogP contribution < -0.4 is 10.6 Å². The standard InChI is InChI=1S/C18H22N4O/c1-14(23)21-9-11-22(12-10-21)17-8-7-16(13-20-17)18(19)15-5-3-2-4-6-15/h2-8,13,18H,9-12,19H2,1H3. The third-order valence-corrected chi connectivity index (χ3v) is 4.34. The fourth-order valence-electron chi connectivity index (χ4n) is 2.87. The van der Waals surface area contributed by atoms with Gasteiger partial charge in [-0.3, -0.25) is 4.79 Å². The van der Waals surface area contributed by atoms with Crippen LogP contribution in [0.5, 0.6) is 0 Å². The van der Waals surface area contributed by atoms with E-state index in [1.54, 1.807) is 6.92 Å². The first-order valence-electron chi connectivity index (χ1n) is 7.92. The predicted octanol–water partition coefficient (Wildman–Crippen LogP) is 1.80. The fourth-order valence-corrected chi connectivity index (χ4v) is 2.87. The van der Waals surface area contributed by atoms with Crippen LogP contribution in [0.15, 0.2) is 48.7 Å². The minimum absolute atomic E-state index is 0.141. The Morgan fingerprint density at radius 2 is 1.74 bits per heavy atom. The molecule has 1 aromatic heterocycles. The van der Waals surface area contributed by atoms with E-state index in [9.17, 15) is 4.79 Å². The number of hydrogen-bond acceptors (Lipinski definition) is 4. The van der Waals surface area contributed by atoms with Gasteiger partial charge in [-0.15, -0.1) is 0 Å². The van der Waals surface area contributed by atoms with Gasteiger partial charge in [0.1, 0.15) is 5.82 Å². The van der Waals surface area contributed by atoms with Crippen molar-refractivity contribution in [3.63, 3.8) is 0 Å². The summed E-state index contributed by atoms with van der Waals surface area (Å²) < 4.78 is 0. The zero-order valence-electron chi connectivity index (χ0n) is 13.4. The average Bonchev–Trinajstić information content (AvgIpc) is 2.62. The average molecular weight is 310 g/mol. The molecule has 1 saturated heterocycles. The Labute approximate surface area is 136 Å². The van der Waals surface area contributed by atoms with Crippen LogP contribution in [0.1, 0.15) is 24.1 Å². The zero-order chi connectivity index (χ0) is 16.2. The molecule has 0 spiro atoms. The minimum atomic E-state index is -0.160. The van der Waals surface area contributed by atoms with Gasteiger partial charge in [0, 0.05) is 39.3 Å². The maximum absolute atomic E-state index is 11.4. The van der Waals surface area contributed by atoms with Crippen LogP contribution in [-0.4, -0.2) is 42.0 Å². The van der Waals surface area contributed by atoms with Gasteiger partial charge in [-0.25, -0.2) is 4.98 Å². The van der Waals surface area contributed by atoms with Crippen molar-refractivity contribution in [3.05, 3.63) is 59.8 Å². The highest BCUT2D eigenvalue weighted by molar-refractivity contribution is 5.73. The number of piperazine rings is 1. The van der Waals surface area contributed by atoms with Crippen LogP contribution in [0.4, 0.5) is 5.82 Å². The molecule has 5 heteroatoms. The molecule has 2 N–H and O–H groups in total. The van der Waals surface area contributed by atoms with Crippen molar-refractivity contribution in [2.75, 3.05) is 31.1 Å². The van der Waals surface area contributed by atoms with Crippen molar-refractivity contribution in [3.8, 4) is 0 Å². The second-order valence-electron chi connectivity index (χ2n) is 5.83. The molecule has 3 rings (SSSR count). The Morgan fingerprint density at radius 3 is 2.30 bits per heavy atom. The normalized spacial score (nSPS) is 16.3. The van der Waals surface area contributed by atoms with Gasteiger partial charge in [0.2, 0.25) is 5.91 Å². The number of amides is 1. The molecule has 2 aromatic rings. The molecule has 5 nitrogen and oxygen atoms in total. The summed E-state index contributed by atoms with van der Waals surface area (Å²) in [7, 11) is 0. The molecule has 1 aliphatic heterocycles. The summed E-state index contributed by atoms with van der Waals surface area (Å²) in [4.78, 5) is 20.0. The van der Waals surface area contributed by atoms with E-state index >= 15 is 0 Å². The number of carbonyl (C=O) groups excluding carboxylic acids is 1. The number of anilines is 1. The van der Waals surface area contributed by atoms with E-state index in [-0.39, 0.29) is 11.9 Å². The van der Waals surface area contributed by atoms with E-state index in [1.165, 1.54) is 0 Å². The van der Waals surface area contributed by atoms with Gasteiger partial charge in [0.15, 0.2) is 0 Å². The fraction of sp³-hybridized carbons (Fsp3) is 0.333. The van der Waals surface area contributed by atoms with Crippen molar-refractivity contribution in [1.82, 2.24) is 9.88 Å². The molecular weight excluding hydrogens is 288 g/mol. The molecule has 120 valence electrons. The van der Waals surface area contributed by atoms with Crippen molar-refractivity contribution >= 4 is 11.7 Å². The van der Waals surface area contributed by atoms with Gasteiger partial charge in [0.25, 0.3) is 0 Å². The Kier molecular flexibility index (Phi) is 4.57. The van der Waals surface area contributed by atoms with Crippen LogP contribution >= 0.6 is 0 Å². The topological polar surface area (TPSA) is 62.5 Å². The number of aromatic nitrogens is 1. The van der Waals surface area contributed by atoms with E-state index in [1.807, 2.05) is 53.6 Å². The van der Waals surface area contributed by atoms with E-state index in [0.717, 1.165) is 43.1 Å². The monoisotopic (exact) mass is 310 g/mol. The SMILES string of the molecule is CC(=O)N1CCN(c2ccc(C(N)c3ccccc3)cn2)CC1. The summed E-state index contributed by atoms with van der Waals surface area (Å²) >= 11 is 0. The van der Waals surface area contributed by atoms with E-state index in [2.05, 4.69) is 9.88 Å². The van der Waals surface area contributed by atoms with Gasteiger partial charge in [-0.05, 0) is 17.2 Å². The van der Waals surface area contributed by atoms with Gasteiger partial charge in [0.05, 0.1) is 6.04 Å².